The molecule has 0 aromatic rings. The number of rotatable bonds is 0. The Bertz CT molecular complexity index is 302. The zero-order valence-corrected chi connectivity index (χ0v) is 5.48. The standard InChI is InChI=1S/C5H5N5O/c6-5-9-3-2(4(11)10-5)7-1-8-3/h1,3H,(H3,6,9,10,11). The molecule has 0 fully saturated rings. The van der Waals surface area contributed by atoms with Gasteiger partial charge in [-0.1, -0.05) is 0 Å². The Morgan fingerprint density at radius 1 is 1.64 bits per heavy atom. The van der Waals surface area contributed by atoms with Gasteiger partial charge < -0.3 is 5.73 Å². The van der Waals surface area contributed by atoms with E-state index in [1.165, 1.54) is 6.34 Å². The van der Waals surface area contributed by atoms with Crippen LogP contribution in [-0.4, -0.2) is 30.1 Å². The van der Waals surface area contributed by atoms with Gasteiger partial charge in [0.2, 0.25) is 0 Å². The van der Waals surface area contributed by atoms with Gasteiger partial charge in [-0.25, -0.2) is 15.0 Å². The molecule has 2 aliphatic rings. The number of hydrogen-bond acceptors (Lipinski definition) is 5. The summed E-state index contributed by atoms with van der Waals surface area (Å²) in [6, 6.07) is 0. The highest BCUT2D eigenvalue weighted by Crippen LogP contribution is 2.06. The highest BCUT2D eigenvalue weighted by atomic mass is 16.2. The van der Waals surface area contributed by atoms with E-state index in [0.717, 1.165) is 0 Å². The van der Waals surface area contributed by atoms with E-state index in [4.69, 9.17) is 5.73 Å². The lowest BCUT2D eigenvalue weighted by atomic mass is 10.2. The van der Waals surface area contributed by atoms with Crippen LogP contribution in [0.3, 0.4) is 0 Å². The van der Waals surface area contributed by atoms with Crippen molar-refractivity contribution in [3.05, 3.63) is 0 Å². The van der Waals surface area contributed by atoms with Gasteiger partial charge in [0.05, 0.1) is 0 Å². The number of nitrogens with one attached hydrogen (secondary N) is 1. The second-order valence-electron chi connectivity index (χ2n) is 2.12. The van der Waals surface area contributed by atoms with Crippen molar-refractivity contribution in [1.29, 1.82) is 0 Å². The van der Waals surface area contributed by atoms with E-state index in [2.05, 4.69) is 20.3 Å². The van der Waals surface area contributed by atoms with Crippen molar-refractivity contribution >= 4 is 23.9 Å². The predicted octanol–water partition coefficient (Wildman–Crippen LogP) is -1.76. The molecule has 0 radical (unpaired) electrons. The molecular formula is C5H5N5O. The van der Waals surface area contributed by atoms with Gasteiger partial charge in [-0.15, -0.1) is 0 Å². The molecule has 6 nitrogen and oxygen atoms in total. The van der Waals surface area contributed by atoms with Gasteiger partial charge in [-0.2, -0.15) is 0 Å². The van der Waals surface area contributed by atoms with Gasteiger partial charge in [0, 0.05) is 0 Å². The van der Waals surface area contributed by atoms with Crippen LogP contribution in [0.15, 0.2) is 15.0 Å². The molecule has 0 aromatic carbocycles. The number of aliphatic imine (C=N–C) groups is 3. The fraction of sp³-hybridized carbons (Fsp3) is 0.200. The minimum absolute atomic E-state index is 0.0954. The Labute approximate surface area is 61.9 Å². The first-order chi connectivity index (χ1) is 5.27. The molecule has 0 bridgehead atoms. The summed E-state index contributed by atoms with van der Waals surface area (Å²) in [5.74, 6) is -0.224. The number of nitrogens with two attached hydrogens (primary N) is 1. The number of amides is 1. The van der Waals surface area contributed by atoms with E-state index in [0.29, 0.717) is 5.71 Å². The Kier molecular flexibility index (Phi) is 1.03. The second kappa shape index (κ2) is 1.88. The van der Waals surface area contributed by atoms with Gasteiger partial charge in [-0.3, -0.25) is 10.1 Å². The van der Waals surface area contributed by atoms with Gasteiger partial charge in [0.25, 0.3) is 5.91 Å². The van der Waals surface area contributed by atoms with E-state index >= 15 is 0 Å². The Morgan fingerprint density at radius 2 is 2.45 bits per heavy atom. The molecule has 2 rings (SSSR count). The number of hydrogen-bond donors (Lipinski definition) is 2. The molecule has 0 saturated carbocycles. The number of fused-ring (bicyclic) bond motifs is 1. The third-order valence-corrected chi connectivity index (χ3v) is 1.38. The first-order valence-corrected chi connectivity index (χ1v) is 3.01. The van der Waals surface area contributed by atoms with E-state index in [-0.39, 0.29) is 11.9 Å². The molecule has 1 amide bonds. The maximum Gasteiger partial charge on any atom is 0.276 e. The van der Waals surface area contributed by atoms with Crippen molar-refractivity contribution in [2.75, 3.05) is 0 Å². The number of carbonyl (C=O) groups excluding carboxylic acids is 1. The molecule has 2 aliphatic heterocycles. The summed E-state index contributed by atoms with van der Waals surface area (Å²) >= 11 is 0. The summed E-state index contributed by atoms with van der Waals surface area (Å²) in [7, 11) is 0. The van der Waals surface area contributed by atoms with Crippen LogP contribution >= 0.6 is 0 Å². The predicted molar refractivity (Wildman–Crippen MR) is 39.5 cm³/mol. The maximum atomic E-state index is 11.0. The highest BCUT2D eigenvalue weighted by Gasteiger charge is 2.28. The summed E-state index contributed by atoms with van der Waals surface area (Å²) < 4.78 is 0. The summed E-state index contributed by atoms with van der Waals surface area (Å²) in [5, 5.41) is 2.33. The quantitative estimate of drug-likeness (QED) is 0.429. The van der Waals surface area contributed by atoms with Crippen LogP contribution in [0.25, 0.3) is 0 Å². The molecule has 1 unspecified atom stereocenters. The molecular weight excluding hydrogens is 146 g/mol. The third kappa shape index (κ3) is 0.794. The van der Waals surface area contributed by atoms with Gasteiger partial charge in [0.1, 0.15) is 6.34 Å². The number of carbonyl (C=O) groups is 1. The largest absolute Gasteiger partial charge is 0.370 e. The van der Waals surface area contributed by atoms with Crippen LogP contribution in [-0.2, 0) is 4.79 Å². The van der Waals surface area contributed by atoms with E-state index in [1.54, 1.807) is 0 Å². The van der Waals surface area contributed by atoms with E-state index in [1.807, 2.05) is 0 Å². The fourth-order valence-corrected chi connectivity index (χ4v) is 0.911. The van der Waals surface area contributed by atoms with Gasteiger partial charge in [0.15, 0.2) is 17.8 Å². The van der Waals surface area contributed by atoms with Crippen molar-refractivity contribution in [1.82, 2.24) is 5.32 Å². The third-order valence-electron chi connectivity index (χ3n) is 1.38. The second-order valence-corrected chi connectivity index (χ2v) is 2.12. The molecule has 0 saturated heterocycles. The van der Waals surface area contributed by atoms with Crippen molar-refractivity contribution in [3.63, 3.8) is 0 Å². The van der Waals surface area contributed by atoms with Crippen LogP contribution in [0.2, 0.25) is 0 Å². The molecule has 6 heteroatoms. The molecule has 1 atom stereocenters. The molecule has 3 N–H and O–H groups in total. The molecule has 0 aliphatic carbocycles. The Hall–Kier alpha value is -1.72. The Morgan fingerprint density at radius 3 is 3.27 bits per heavy atom. The van der Waals surface area contributed by atoms with Crippen LogP contribution < -0.4 is 11.1 Å². The smallest absolute Gasteiger partial charge is 0.276 e. The van der Waals surface area contributed by atoms with Crippen LogP contribution in [0.4, 0.5) is 0 Å². The fourth-order valence-electron chi connectivity index (χ4n) is 0.911. The summed E-state index contributed by atoms with van der Waals surface area (Å²) in [6.07, 6.45) is 0.797. The van der Waals surface area contributed by atoms with E-state index < -0.39 is 6.17 Å². The van der Waals surface area contributed by atoms with Crippen molar-refractivity contribution in [3.8, 4) is 0 Å². The summed E-state index contributed by atoms with van der Waals surface area (Å²) in [5.41, 5.74) is 5.58. The lowest BCUT2D eigenvalue weighted by Crippen LogP contribution is -2.48. The molecule has 11 heavy (non-hydrogen) atoms. The average molecular weight is 151 g/mol. The van der Waals surface area contributed by atoms with Crippen LogP contribution in [0, 0.1) is 0 Å². The van der Waals surface area contributed by atoms with Crippen LogP contribution in [0.5, 0.6) is 0 Å². The zero-order chi connectivity index (χ0) is 7.84. The lowest BCUT2D eigenvalue weighted by Gasteiger charge is -2.13. The van der Waals surface area contributed by atoms with Gasteiger partial charge in [-0.05, 0) is 0 Å². The maximum absolute atomic E-state index is 11.0. The summed E-state index contributed by atoms with van der Waals surface area (Å²) in [4.78, 5) is 22.4. The molecule has 2 heterocycles. The highest BCUT2D eigenvalue weighted by molar-refractivity contribution is 6.46. The van der Waals surface area contributed by atoms with Crippen molar-refractivity contribution in [2.24, 2.45) is 20.7 Å². The lowest BCUT2D eigenvalue weighted by molar-refractivity contribution is -0.113. The minimum Gasteiger partial charge on any atom is -0.370 e. The normalized spacial score (nSPS) is 27.3. The molecule has 0 aromatic heterocycles. The van der Waals surface area contributed by atoms with Crippen molar-refractivity contribution in [2.45, 2.75) is 6.17 Å². The first-order valence-electron chi connectivity index (χ1n) is 3.01. The number of nitrogens with zero attached hydrogens (tertiary/aromatic N) is 3. The monoisotopic (exact) mass is 151 g/mol. The SMILES string of the molecule is NC1=NC2N=CN=C2C(=O)N1. The molecule has 0 spiro atoms. The van der Waals surface area contributed by atoms with Gasteiger partial charge >= 0.3 is 0 Å². The first kappa shape index (κ1) is 6.02. The van der Waals surface area contributed by atoms with Crippen LogP contribution in [0.1, 0.15) is 0 Å². The molecule has 56 valence electrons. The van der Waals surface area contributed by atoms with Crippen molar-refractivity contribution < 1.29 is 4.79 Å². The zero-order valence-electron chi connectivity index (χ0n) is 5.48. The summed E-state index contributed by atoms with van der Waals surface area (Å²) in [6.45, 7) is 0. The minimum atomic E-state index is -0.510. The Balaban J connectivity index is 2.42. The van der Waals surface area contributed by atoms with E-state index in [9.17, 15) is 4.79 Å². The number of guanidine groups is 1. The average Bonchev–Trinajstić information content (AvgIpc) is 2.34. The topological polar surface area (TPSA) is 92.2 Å².